The van der Waals surface area contributed by atoms with Gasteiger partial charge in [0.05, 0.1) is 24.9 Å². The standard InChI is InChI=1S/C18H32N4OS.HI/c1-4-19-18(21-13-17-22-14(2)15(3)24-17)20-11-12-23-16-9-7-5-6-8-10-16;/h16H,4-13H2,1-3H3,(H2,19,20,21);1H. The van der Waals surface area contributed by atoms with E-state index in [4.69, 9.17) is 4.74 Å². The molecule has 0 aliphatic heterocycles. The smallest absolute Gasteiger partial charge is 0.191 e. The Bertz CT molecular complexity index is 494. The highest BCUT2D eigenvalue weighted by Gasteiger charge is 2.12. The van der Waals surface area contributed by atoms with Gasteiger partial charge in [0.2, 0.25) is 0 Å². The number of guanidine groups is 1. The molecule has 1 aromatic rings. The van der Waals surface area contributed by atoms with Crippen LogP contribution in [0.3, 0.4) is 0 Å². The van der Waals surface area contributed by atoms with Crippen molar-refractivity contribution in [1.29, 1.82) is 0 Å². The van der Waals surface area contributed by atoms with Gasteiger partial charge < -0.3 is 15.4 Å². The molecule has 1 fully saturated rings. The van der Waals surface area contributed by atoms with Gasteiger partial charge in [-0.2, -0.15) is 0 Å². The van der Waals surface area contributed by atoms with Crippen molar-refractivity contribution in [1.82, 2.24) is 15.6 Å². The van der Waals surface area contributed by atoms with E-state index in [1.54, 1.807) is 11.3 Å². The van der Waals surface area contributed by atoms with Crippen molar-refractivity contribution < 1.29 is 4.74 Å². The van der Waals surface area contributed by atoms with Crippen molar-refractivity contribution in [2.75, 3.05) is 19.7 Å². The number of halogens is 1. The van der Waals surface area contributed by atoms with Gasteiger partial charge in [0.1, 0.15) is 5.01 Å². The van der Waals surface area contributed by atoms with Gasteiger partial charge in [0.15, 0.2) is 5.96 Å². The first-order valence-corrected chi connectivity index (χ1v) is 10.1. The molecule has 0 aromatic carbocycles. The molecule has 0 amide bonds. The number of ether oxygens (including phenoxy) is 1. The maximum Gasteiger partial charge on any atom is 0.191 e. The molecule has 144 valence electrons. The number of aryl methyl sites for hydroxylation is 2. The molecule has 1 aliphatic rings. The Hall–Kier alpha value is -0.410. The van der Waals surface area contributed by atoms with Crippen molar-refractivity contribution in [3.63, 3.8) is 0 Å². The summed E-state index contributed by atoms with van der Waals surface area (Å²) < 4.78 is 6.02. The third kappa shape index (κ3) is 8.68. The van der Waals surface area contributed by atoms with Gasteiger partial charge in [0.25, 0.3) is 0 Å². The Balaban J connectivity index is 0.00000312. The average molecular weight is 480 g/mol. The lowest BCUT2D eigenvalue weighted by molar-refractivity contribution is 0.0468. The van der Waals surface area contributed by atoms with Crippen LogP contribution in [0.25, 0.3) is 0 Å². The molecule has 1 aromatic heterocycles. The Kier molecular flexibility index (Phi) is 11.6. The zero-order valence-electron chi connectivity index (χ0n) is 15.8. The first kappa shape index (κ1) is 22.6. The van der Waals surface area contributed by atoms with Crippen LogP contribution in [0, 0.1) is 13.8 Å². The van der Waals surface area contributed by atoms with Gasteiger partial charge in [0, 0.05) is 18.0 Å². The van der Waals surface area contributed by atoms with Gasteiger partial charge in [-0.25, -0.2) is 9.98 Å². The second-order valence-electron chi connectivity index (χ2n) is 6.36. The lowest BCUT2D eigenvalue weighted by atomic mass is 10.1. The minimum absolute atomic E-state index is 0. The van der Waals surface area contributed by atoms with E-state index in [0.29, 0.717) is 12.6 Å². The molecule has 2 rings (SSSR count). The predicted molar refractivity (Wildman–Crippen MR) is 117 cm³/mol. The summed E-state index contributed by atoms with van der Waals surface area (Å²) in [5.74, 6) is 0.840. The van der Waals surface area contributed by atoms with Gasteiger partial charge in [-0.05, 0) is 33.6 Å². The molecule has 0 unspecified atom stereocenters. The van der Waals surface area contributed by atoms with Crippen LogP contribution >= 0.6 is 35.3 Å². The molecular weight excluding hydrogens is 447 g/mol. The van der Waals surface area contributed by atoms with E-state index in [-0.39, 0.29) is 24.0 Å². The SMILES string of the molecule is CCNC(=NCc1nc(C)c(C)s1)NCCOC1CCCCCC1.I. The maximum absolute atomic E-state index is 6.02. The van der Waals surface area contributed by atoms with Crippen LogP contribution in [-0.2, 0) is 11.3 Å². The second-order valence-corrected chi connectivity index (χ2v) is 7.64. The van der Waals surface area contributed by atoms with Gasteiger partial charge >= 0.3 is 0 Å². The highest BCUT2D eigenvalue weighted by molar-refractivity contribution is 14.0. The van der Waals surface area contributed by atoms with Crippen LogP contribution in [-0.4, -0.2) is 36.7 Å². The maximum atomic E-state index is 6.02. The molecule has 7 heteroatoms. The number of hydrogen-bond donors (Lipinski definition) is 2. The molecule has 1 aliphatic carbocycles. The van der Waals surface area contributed by atoms with Gasteiger partial charge in [-0.15, -0.1) is 35.3 Å². The van der Waals surface area contributed by atoms with E-state index in [1.807, 2.05) is 6.92 Å². The second kappa shape index (κ2) is 12.9. The predicted octanol–water partition coefficient (Wildman–Crippen LogP) is 4.17. The largest absolute Gasteiger partial charge is 0.376 e. The minimum atomic E-state index is 0. The lowest BCUT2D eigenvalue weighted by Crippen LogP contribution is -2.39. The van der Waals surface area contributed by atoms with E-state index >= 15 is 0 Å². The zero-order valence-corrected chi connectivity index (χ0v) is 18.9. The average Bonchev–Trinajstić information content (AvgIpc) is 2.77. The third-order valence-corrected chi connectivity index (χ3v) is 5.40. The fraction of sp³-hybridized carbons (Fsp3) is 0.778. The quantitative estimate of drug-likeness (QED) is 0.202. The minimum Gasteiger partial charge on any atom is -0.376 e. The Labute approximate surface area is 173 Å². The van der Waals surface area contributed by atoms with Crippen LogP contribution in [0.15, 0.2) is 4.99 Å². The van der Waals surface area contributed by atoms with Crippen molar-refractivity contribution in [3.05, 3.63) is 15.6 Å². The van der Waals surface area contributed by atoms with Crippen molar-refractivity contribution in [3.8, 4) is 0 Å². The van der Waals surface area contributed by atoms with Gasteiger partial charge in [-0.1, -0.05) is 25.7 Å². The molecule has 5 nitrogen and oxygen atoms in total. The van der Waals surface area contributed by atoms with Crippen molar-refractivity contribution >= 4 is 41.3 Å². The summed E-state index contributed by atoms with van der Waals surface area (Å²) in [6.45, 7) is 9.24. The van der Waals surface area contributed by atoms with Crippen LogP contribution in [0.1, 0.15) is 61.0 Å². The Morgan fingerprint density at radius 3 is 2.52 bits per heavy atom. The van der Waals surface area contributed by atoms with Crippen LogP contribution in [0.2, 0.25) is 0 Å². The Morgan fingerprint density at radius 1 is 1.20 bits per heavy atom. The number of nitrogens with one attached hydrogen (secondary N) is 2. The molecule has 0 radical (unpaired) electrons. The normalized spacial score (nSPS) is 16.2. The fourth-order valence-electron chi connectivity index (χ4n) is 2.90. The number of aromatic nitrogens is 1. The van der Waals surface area contributed by atoms with Gasteiger partial charge in [-0.3, -0.25) is 0 Å². The number of thiazole rings is 1. The molecule has 2 N–H and O–H groups in total. The number of aliphatic imine (C=N–C) groups is 1. The first-order chi connectivity index (χ1) is 11.7. The molecule has 0 saturated heterocycles. The molecule has 1 saturated carbocycles. The summed E-state index contributed by atoms with van der Waals surface area (Å²) in [4.78, 5) is 10.4. The highest BCUT2D eigenvalue weighted by atomic mass is 127. The number of hydrogen-bond acceptors (Lipinski definition) is 4. The lowest BCUT2D eigenvalue weighted by Gasteiger charge is -2.16. The van der Waals surface area contributed by atoms with E-state index < -0.39 is 0 Å². The molecular formula is C18H33IN4OS. The van der Waals surface area contributed by atoms with Crippen molar-refractivity contribution in [2.24, 2.45) is 4.99 Å². The zero-order chi connectivity index (χ0) is 17.2. The summed E-state index contributed by atoms with van der Waals surface area (Å²) in [5, 5.41) is 7.71. The molecule has 25 heavy (non-hydrogen) atoms. The van der Waals surface area contributed by atoms with E-state index in [1.165, 1.54) is 43.4 Å². The number of nitrogens with zero attached hydrogens (tertiary/aromatic N) is 2. The van der Waals surface area contributed by atoms with E-state index in [2.05, 4.69) is 34.5 Å². The Morgan fingerprint density at radius 2 is 1.92 bits per heavy atom. The fourth-order valence-corrected chi connectivity index (χ4v) is 3.76. The summed E-state index contributed by atoms with van der Waals surface area (Å²) >= 11 is 1.73. The topological polar surface area (TPSA) is 58.5 Å². The molecule has 1 heterocycles. The molecule has 0 atom stereocenters. The molecule has 0 bridgehead atoms. The summed E-state index contributed by atoms with van der Waals surface area (Å²) in [5.41, 5.74) is 1.11. The molecule has 0 spiro atoms. The number of rotatable bonds is 7. The monoisotopic (exact) mass is 480 g/mol. The first-order valence-electron chi connectivity index (χ1n) is 9.25. The summed E-state index contributed by atoms with van der Waals surface area (Å²) in [7, 11) is 0. The van der Waals surface area contributed by atoms with Crippen LogP contribution in [0.4, 0.5) is 0 Å². The van der Waals surface area contributed by atoms with Crippen LogP contribution in [0.5, 0.6) is 0 Å². The van der Waals surface area contributed by atoms with E-state index in [0.717, 1.165) is 36.4 Å². The third-order valence-electron chi connectivity index (χ3n) is 4.34. The van der Waals surface area contributed by atoms with Crippen LogP contribution < -0.4 is 10.6 Å². The van der Waals surface area contributed by atoms with Crippen molar-refractivity contribution in [2.45, 2.75) is 71.9 Å². The summed E-state index contributed by atoms with van der Waals surface area (Å²) in [6, 6.07) is 0. The van der Waals surface area contributed by atoms with E-state index in [9.17, 15) is 0 Å². The summed E-state index contributed by atoms with van der Waals surface area (Å²) in [6.07, 6.45) is 8.25. The highest BCUT2D eigenvalue weighted by Crippen LogP contribution is 2.19.